The van der Waals surface area contributed by atoms with Gasteiger partial charge in [0.1, 0.15) is 12.4 Å². The Hall–Kier alpha value is -1.66. The van der Waals surface area contributed by atoms with Crippen LogP contribution in [0, 0.1) is 5.92 Å². The van der Waals surface area contributed by atoms with Crippen LogP contribution in [0.15, 0.2) is 24.3 Å². The molecule has 0 unspecified atom stereocenters. The first-order valence-electron chi connectivity index (χ1n) is 7.14. The van der Waals surface area contributed by atoms with Gasteiger partial charge in [0.25, 0.3) is 0 Å². The fourth-order valence-corrected chi connectivity index (χ4v) is 2.69. The third kappa shape index (κ3) is 4.68. The summed E-state index contributed by atoms with van der Waals surface area (Å²) in [5, 5.41) is 12.7. The van der Waals surface area contributed by atoms with E-state index in [2.05, 4.69) is 15.5 Å². The number of halogens is 1. The largest absolute Gasteiger partial charge is 0.486 e. The molecule has 0 aliphatic carbocycles. The lowest BCUT2D eigenvalue weighted by atomic mass is 10.0. The van der Waals surface area contributed by atoms with E-state index in [1.54, 1.807) is 24.3 Å². The topological polar surface area (TPSA) is 64.1 Å². The first-order valence-corrected chi connectivity index (χ1v) is 8.33. The van der Waals surface area contributed by atoms with Crippen molar-refractivity contribution in [2.24, 2.45) is 5.92 Å². The number of ether oxygens (including phenoxy) is 1. The molecule has 5 nitrogen and oxygen atoms in total. The summed E-state index contributed by atoms with van der Waals surface area (Å²) in [7, 11) is 0. The molecule has 1 aromatic heterocycles. The molecule has 0 saturated heterocycles. The van der Waals surface area contributed by atoms with Crippen LogP contribution < -0.4 is 10.1 Å². The Morgan fingerprint density at radius 2 is 1.95 bits per heavy atom. The summed E-state index contributed by atoms with van der Waals surface area (Å²) in [6, 6.07) is 7.11. The van der Waals surface area contributed by atoms with Gasteiger partial charge in [0.2, 0.25) is 11.0 Å². The van der Waals surface area contributed by atoms with Gasteiger partial charge in [-0.2, -0.15) is 0 Å². The molecular formula is C15H18ClN3O2S. The first-order chi connectivity index (χ1) is 10.6. The van der Waals surface area contributed by atoms with Crippen molar-refractivity contribution < 1.29 is 9.53 Å². The van der Waals surface area contributed by atoms with Gasteiger partial charge in [-0.1, -0.05) is 36.8 Å². The van der Waals surface area contributed by atoms with Gasteiger partial charge >= 0.3 is 0 Å². The van der Waals surface area contributed by atoms with E-state index in [9.17, 15) is 4.79 Å². The molecule has 2 rings (SSSR count). The van der Waals surface area contributed by atoms with Crippen molar-refractivity contribution >= 4 is 34.0 Å². The van der Waals surface area contributed by atoms with E-state index < -0.39 is 0 Å². The maximum atomic E-state index is 12.0. The summed E-state index contributed by atoms with van der Waals surface area (Å²) in [4.78, 5) is 12.0. The molecule has 2 aromatic rings. The lowest BCUT2D eigenvalue weighted by Gasteiger charge is -2.10. The molecule has 0 bridgehead atoms. The van der Waals surface area contributed by atoms with Gasteiger partial charge in [-0.05, 0) is 37.1 Å². The molecule has 1 aromatic carbocycles. The summed E-state index contributed by atoms with van der Waals surface area (Å²) in [5.74, 6) is 0.714. The van der Waals surface area contributed by atoms with Gasteiger partial charge in [0, 0.05) is 10.9 Å². The highest BCUT2D eigenvalue weighted by molar-refractivity contribution is 7.15. The number of hydrogen-bond acceptors (Lipinski definition) is 5. The van der Waals surface area contributed by atoms with E-state index in [4.69, 9.17) is 16.3 Å². The lowest BCUT2D eigenvalue weighted by Crippen LogP contribution is -2.21. The molecule has 0 fully saturated rings. The van der Waals surface area contributed by atoms with Crippen LogP contribution in [0.3, 0.4) is 0 Å². The second kappa shape index (κ2) is 8.10. The summed E-state index contributed by atoms with van der Waals surface area (Å²) in [5.41, 5.74) is 0. The molecule has 1 heterocycles. The molecular weight excluding hydrogens is 322 g/mol. The van der Waals surface area contributed by atoms with Crippen LogP contribution >= 0.6 is 22.9 Å². The average Bonchev–Trinajstić information content (AvgIpc) is 2.95. The van der Waals surface area contributed by atoms with E-state index >= 15 is 0 Å². The van der Waals surface area contributed by atoms with Gasteiger partial charge < -0.3 is 10.1 Å². The van der Waals surface area contributed by atoms with E-state index in [1.807, 2.05) is 13.8 Å². The number of nitrogens with one attached hydrogen (secondary N) is 1. The third-order valence-corrected chi connectivity index (χ3v) is 4.29. The number of benzene rings is 1. The molecule has 0 saturated carbocycles. The molecule has 0 spiro atoms. The monoisotopic (exact) mass is 339 g/mol. The number of carbonyl (C=O) groups excluding carboxylic acids is 1. The number of amides is 1. The van der Waals surface area contributed by atoms with Crippen molar-refractivity contribution in [2.45, 2.75) is 33.3 Å². The SMILES string of the molecule is CCC(CC)C(=O)Nc1nnc(COc2ccc(Cl)cc2)s1. The Morgan fingerprint density at radius 3 is 2.59 bits per heavy atom. The quantitative estimate of drug-likeness (QED) is 0.823. The zero-order chi connectivity index (χ0) is 15.9. The number of carbonyl (C=O) groups is 1. The number of hydrogen-bond donors (Lipinski definition) is 1. The summed E-state index contributed by atoms with van der Waals surface area (Å²) < 4.78 is 5.59. The van der Waals surface area contributed by atoms with Crippen molar-refractivity contribution in [3.05, 3.63) is 34.3 Å². The zero-order valence-corrected chi connectivity index (χ0v) is 14.1. The van der Waals surface area contributed by atoms with Crippen LogP contribution in [0.1, 0.15) is 31.7 Å². The van der Waals surface area contributed by atoms with E-state index in [1.165, 1.54) is 11.3 Å². The van der Waals surface area contributed by atoms with E-state index in [0.717, 1.165) is 12.8 Å². The molecule has 1 amide bonds. The molecule has 0 aliphatic heterocycles. The molecule has 0 radical (unpaired) electrons. The van der Waals surface area contributed by atoms with Crippen LogP contribution in [-0.4, -0.2) is 16.1 Å². The summed E-state index contributed by atoms with van der Waals surface area (Å²) in [6.45, 7) is 4.30. The molecule has 1 N–H and O–H groups in total. The van der Waals surface area contributed by atoms with Gasteiger partial charge in [-0.3, -0.25) is 4.79 Å². The van der Waals surface area contributed by atoms with Crippen molar-refractivity contribution in [2.75, 3.05) is 5.32 Å². The van der Waals surface area contributed by atoms with Crippen LogP contribution in [0.25, 0.3) is 0 Å². The normalized spacial score (nSPS) is 10.7. The number of rotatable bonds is 7. The fraction of sp³-hybridized carbons (Fsp3) is 0.400. The Bertz CT molecular complexity index is 612. The third-order valence-electron chi connectivity index (χ3n) is 3.23. The number of anilines is 1. The second-order valence-electron chi connectivity index (χ2n) is 4.75. The minimum Gasteiger partial charge on any atom is -0.486 e. The maximum absolute atomic E-state index is 12.0. The summed E-state index contributed by atoms with van der Waals surface area (Å²) >= 11 is 7.13. The standard InChI is InChI=1S/C15H18ClN3O2S/c1-3-10(4-2)14(20)17-15-19-18-13(22-15)9-21-12-7-5-11(16)6-8-12/h5-8,10H,3-4,9H2,1-2H3,(H,17,19,20). The summed E-state index contributed by atoms with van der Waals surface area (Å²) in [6.07, 6.45) is 1.63. The van der Waals surface area contributed by atoms with E-state index in [0.29, 0.717) is 27.5 Å². The molecule has 22 heavy (non-hydrogen) atoms. The van der Waals surface area contributed by atoms with Crippen molar-refractivity contribution in [1.82, 2.24) is 10.2 Å². The Kier molecular flexibility index (Phi) is 6.15. The van der Waals surface area contributed by atoms with Crippen molar-refractivity contribution in [3.63, 3.8) is 0 Å². The molecule has 7 heteroatoms. The second-order valence-corrected chi connectivity index (χ2v) is 6.24. The zero-order valence-electron chi connectivity index (χ0n) is 12.5. The Balaban J connectivity index is 1.88. The first kappa shape index (κ1) is 16.7. The van der Waals surface area contributed by atoms with Crippen LogP contribution in [0.2, 0.25) is 5.02 Å². The van der Waals surface area contributed by atoms with Gasteiger partial charge in [0.15, 0.2) is 5.01 Å². The molecule has 0 atom stereocenters. The number of aromatic nitrogens is 2. The Labute approximate surface area is 138 Å². The highest BCUT2D eigenvalue weighted by Crippen LogP contribution is 2.21. The van der Waals surface area contributed by atoms with Gasteiger partial charge in [0.05, 0.1) is 0 Å². The van der Waals surface area contributed by atoms with Crippen molar-refractivity contribution in [3.8, 4) is 5.75 Å². The fourth-order valence-electron chi connectivity index (χ4n) is 1.91. The predicted molar refractivity (Wildman–Crippen MR) is 88.4 cm³/mol. The van der Waals surface area contributed by atoms with E-state index in [-0.39, 0.29) is 11.8 Å². The molecule has 118 valence electrons. The van der Waals surface area contributed by atoms with Crippen LogP contribution in [0.4, 0.5) is 5.13 Å². The smallest absolute Gasteiger partial charge is 0.229 e. The number of nitrogens with zero attached hydrogens (tertiary/aromatic N) is 2. The lowest BCUT2D eigenvalue weighted by molar-refractivity contribution is -0.120. The maximum Gasteiger partial charge on any atom is 0.229 e. The van der Waals surface area contributed by atoms with Gasteiger partial charge in [-0.15, -0.1) is 10.2 Å². The van der Waals surface area contributed by atoms with Crippen LogP contribution in [0.5, 0.6) is 5.75 Å². The minimum absolute atomic E-state index is 0.00804. The highest BCUT2D eigenvalue weighted by atomic mass is 35.5. The average molecular weight is 340 g/mol. The van der Waals surface area contributed by atoms with Gasteiger partial charge in [-0.25, -0.2) is 0 Å². The van der Waals surface area contributed by atoms with Crippen LogP contribution in [-0.2, 0) is 11.4 Å². The predicted octanol–water partition coefficient (Wildman–Crippen LogP) is 4.15. The highest BCUT2D eigenvalue weighted by Gasteiger charge is 2.16. The van der Waals surface area contributed by atoms with Crippen molar-refractivity contribution in [1.29, 1.82) is 0 Å². The Morgan fingerprint density at radius 1 is 1.27 bits per heavy atom. The minimum atomic E-state index is -0.00804. The molecule has 0 aliphatic rings.